The molecule has 2 aromatic carbocycles. The number of hydrogen-bond donors (Lipinski definition) is 0. The van der Waals surface area contributed by atoms with Gasteiger partial charge in [0.1, 0.15) is 5.75 Å². The van der Waals surface area contributed by atoms with Crippen LogP contribution in [0, 0.1) is 5.82 Å². The molecule has 0 atom stereocenters. The lowest BCUT2D eigenvalue weighted by atomic mass is 10.1. The average molecular weight is 344 g/mol. The highest BCUT2D eigenvalue weighted by molar-refractivity contribution is 6.06. The second-order valence-corrected chi connectivity index (χ2v) is 4.98. The molecule has 25 heavy (non-hydrogen) atoms. The molecule has 0 amide bonds. The van der Waals surface area contributed by atoms with E-state index in [4.69, 9.17) is 9.47 Å². The van der Waals surface area contributed by atoms with Crippen LogP contribution in [0.1, 0.15) is 15.9 Å². The van der Waals surface area contributed by atoms with Gasteiger partial charge >= 0.3 is 5.97 Å². The maximum absolute atomic E-state index is 13.6. The molecule has 0 heterocycles. The summed E-state index contributed by atoms with van der Waals surface area (Å²) in [6, 6.07) is 10.7. The van der Waals surface area contributed by atoms with Gasteiger partial charge in [-0.25, -0.2) is 9.18 Å². The Morgan fingerprint density at radius 3 is 2.40 bits per heavy atom. The van der Waals surface area contributed by atoms with E-state index >= 15 is 0 Å². The average Bonchev–Trinajstić information content (AvgIpc) is 2.64. The van der Waals surface area contributed by atoms with Gasteiger partial charge in [0.15, 0.2) is 24.0 Å². The van der Waals surface area contributed by atoms with E-state index < -0.39 is 11.8 Å². The zero-order valence-corrected chi connectivity index (χ0v) is 13.8. The highest BCUT2D eigenvalue weighted by Crippen LogP contribution is 2.19. The van der Waals surface area contributed by atoms with Gasteiger partial charge in [0, 0.05) is 5.56 Å². The van der Waals surface area contributed by atoms with Gasteiger partial charge in [0.05, 0.1) is 14.2 Å². The Kier molecular flexibility index (Phi) is 6.28. The Bertz CT molecular complexity index is 781. The molecule has 0 N–H and O–H groups in total. The van der Waals surface area contributed by atoms with Crippen molar-refractivity contribution in [2.24, 2.45) is 0 Å². The third-order valence-corrected chi connectivity index (χ3v) is 3.33. The lowest BCUT2D eigenvalue weighted by molar-refractivity contribution is -0.142. The van der Waals surface area contributed by atoms with Crippen molar-refractivity contribution in [2.45, 2.75) is 0 Å². The summed E-state index contributed by atoms with van der Waals surface area (Å²) in [5, 5.41) is 0. The van der Waals surface area contributed by atoms with Crippen LogP contribution in [0.4, 0.5) is 4.39 Å². The third-order valence-electron chi connectivity index (χ3n) is 3.33. The normalized spacial score (nSPS) is 10.5. The Balaban J connectivity index is 2.00. The van der Waals surface area contributed by atoms with E-state index in [1.807, 2.05) is 0 Å². The second kappa shape index (κ2) is 8.63. The molecular weight excluding hydrogens is 327 g/mol. The van der Waals surface area contributed by atoms with Crippen molar-refractivity contribution in [2.75, 3.05) is 20.8 Å². The van der Waals surface area contributed by atoms with Crippen LogP contribution in [-0.2, 0) is 9.53 Å². The first-order chi connectivity index (χ1) is 12.0. The number of halogens is 1. The van der Waals surface area contributed by atoms with Crippen LogP contribution >= 0.6 is 0 Å². The molecule has 5 nitrogen and oxygen atoms in total. The van der Waals surface area contributed by atoms with E-state index in [1.165, 1.54) is 38.5 Å². The second-order valence-electron chi connectivity index (χ2n) is 4.98. The fourth-order valence-corrected chi connectivity index (χ4v) is 1.97. The minimum Gasteiger partial charge on any atom is -0.494 e. The number of ketones is 1. The summed E-state index contributed by atoms with van der Waals surface area (Å²) in [7, 11) is 2.66. The van der Waals surface area contributed by atoms with E-state index in [2.05, 4.69) is 4.74 Å². The van der Waals surface area contributed by atoms with E-state index in [-0.39, 0.29) is 18.1 Å². The van der Waals surface area contributed by atoms with Crippen molar-refractivity contribution in [3.05, 3.63) is 65.5 Å². The third kappa shape index (κ3) is 5.17. The Morgan fingerprint density at radius 1 is 1.08 bits per heavy atom. The number of methoxy groups -OCH3 is 2. The molecule has 0 fully saturated rings. The lowest BCUT2D eigenvalue weighted by Crippen LogP contribution is -2.12. The summed E-state index contributed by atoms with van der Waals surface area (Å²) in [5.41, 5.74) is 0.986. The standard InChI is InChI=1S/C19H17FO5/c1-23-18-10-4-13(11-16(18)20)3-9-17(21)14-5-7-15(8-6-14)25-12-19(22)24-2/h3-11H,12H2,1-2H3. The summed E-state index contributed by atoms with van der Waals surface area (Å²) in [5.74, 6) is -0.635. The number of ether oxygens (including phenoxy) is 3. The summed E-state index contributed by atoms with van der Waals surface area (Å²) in [6.07, 6.45) is 2.87. The van der Waals surface area contributed by atoms with Crippen LogP contribution in [0.3, 0.4) is 0 Å². The maximum atomic E-state index is 13.6. The fraction of sp³-hybridized carbons (Fsp3) is 0.158. The van der Waals surface area contributed by atoms with Crippen molar-refractivity contribution in [3.63, 3.8) is 0 Å². The van der Waals surface area contributed by atoms with Crippen molar-refractivity contribution < 1.29 is 28.2 Å². The van der Waals surface area contributed by atoms with E-state index in [1.54, 1.807) is 30.3 Å². The summed E-state index contributed by atoms with van der Waals surface area (Å²) in [6.45, 7) is -0.202. The molecule has 2 aromatic rings. The Morgan fingerprint density at radius 2 is 1.80 bits per heavy atom. The highest BCUT2D eigenvalue weighted by atomic mass is 19.1. The minimum absolute atomic E-state index is 0.144. The van der Waals surface area contributed by atoms with Crippen LogP contribution in [0.5, 0.6) is 11.5 Å². The Hall–Kier alpha value is -3.15. The molecule has 0 aromatic heterocycles. The molecule has 0 aliphatic carbocycles. The fourth-order valence-electron chi connectivity index (χ4n) is 1.97. The summed E-state index contributed by atoms with van der Waals surface area (Å²) < 4.78 is 28.1. The molecule has 0 bridgehead atoms. The van der Waals surface area contributed by atoms with Gasteiger partial charge in [-0.1, -0.05) is 12.1 Å². The van der Waals surface area contributed by atoms with Crippen LogP contribution < -0.4 is 9.47 Å². The largest absolute Gasteiger partial charge is 0.494 e. The monoisotopic (exact) mass is 344 g/mol. The molecule has 6 heteroatoms. The zero-order valence-electron chi connectivity index (χ0n) is 13.8. The number of benzene rings is 2. The lowest BCUT2D eigenvalue weighted by Gasteiger charge is -2.05. The van der Waals surface area contributed by atoms with Gasteiger partial charge in [-0.15, -0.1) is 0 Å². The number of carbonyl (C=O) groups is 2. The summed E-state index contributed by atoms with van der Waals surface area (Å²) >= 11 is 0. The maximum Gasteiger partial charge on any atom is 0.343 e. The molecule has 2 rings (SSSR count). The molecule has 0 aliphatic rings. The number of carbonyl (C=O) groups excluding carboxylic acids is 2. The van der Waals surface area contributed by atoms with Gasteiger partial charge in [-0.3, -0.25) is 4.79 Å². The van der Waals surface area contributed by atoms with Crippen molar-refractivity contribution in [1.29, 1.82) is 0 Å². The molecule has 0 saturated carbocycles. The quantitative estimate of drug-likeness (QED) is 0.438. The first-order valence-corrected chi connectivity index (χ1v) is 7.39. The molecule has 0 radical (unpaired) electrons. The van der Waals surface area contributed by atoms with Gasteiger partial charge in [0.25, 0.3) is 0 Å². The van der Waals surface area contributed by atoms with Gasteiger partial charge in [-0.2, -0.15) is 0 Å². The van der Waals surface area contributed by atoms with E-state index in [0.29, 0.717) is 16.9 Å². The predicted octanol–water partition coefficient (Wildman–Crippen LogP) is 3.28. The highest BCUT2D eigenvalue weighted by Gasteiger charge is 2.06. The van der Waals surface area contributed by atoms with Crippen molar-refractivity contribution in [3.8, 4) is 11.5 Å². The van der Waals surface area contributed by atoms with Gasteiger partial charge in [-0.05, 0) is 48.0 Å². The number of esters is 1. The van der Waals surface area contributed by atoms with Crippen molar-refractivity contribution >= 4 is 17.8 Å². The van der Waals surface area contributed by atoms with Crippen LogP contribution in [-0.4, -0.2) is 32.6 Å². The first-order valence-electron chi connectivity index (χ1n) is 7.39. The number of rotatable bonds is 7. The predicted molar refractivity (Wildman–Crippen MR) is 90.3 cm³/mol. The molecule has 0 unspecified atom stereocenters. The minimum atomic E-state index is -0.496. The molecule has 0 spiro atoms. The molecule has 0 aliphatic heterocycles. The smallest absolute Gasteiger partial charge is 0.343 e. The SMILES string of the molecule is COC(=O)COc1ccc(C(=O)C=Cc2ccc(OC)c(F)c2)cc1. The van der Waals surface area contributed by atoms with Crippen LogP contribution in [0.25, 0.3) is 6.08 Å². The first kappa shape index (κ1) is 18.2. The molecule has 0 saturated heterocycles. The van der Waals surface area contributed by atoms with Crippen LogP contribution in [0.2, 0.25) is 0 Å². The van der Waals surface area contributed by atoms with Crippen molar-refractivity contribution in [1.82, 2.24) is 0 Å². The van der Waals surface area contributed by atoms with Gasteiger partial charge < -0.3 is 14.2 Å². The van der Waals surface area contributed by atoms with Crippen LogP contribution in [0.15, 0.2) is 48.5 Å². The van der Waals surface area contributed by atoms with E-state index in [0.717, 1.165) is 0 Å². The number of hydrogen-bond acceptors (Lipinski definition) is 5. The van der Waals surface area contributed by atoms with E-state index in [9.17, 15) is 14.0 Å². The topological polar surface area (TPSA) is 61.8 Å². The zero-order chi connectivity index (χ0) is 18.2. The van der Waals surface area contributed by atoms with Gasteiger partial charge in [0.2, 0.25) is 0 Å². The molecular formula is C19H17FO5. The number of allylic oxidation sites excluding steroid dienone is 1. The Labute approximate surface area is 144 Å². The molecule has 130 valence electrons. The summed E-state index contributed by atoms with van der Waals surface area (Å²) in [4.78, 5) is 23.1.